The van der Waals surface area contributed by atoms with Gasteiger partial charge in [-0.25, -0.2) is 0 Å². The van der Waals surface area contributed by atoms with Crippen LogP contribution in [0.1, 0.15) is 25.7 Å². The van der Waals surface area contributed by atoms with Gasteiger partial charge in [-0.3, -0.25) is 0 Å². The van der Waals surface area contributed by atoms with Crippen LogP contribution in [0.15, 0.2) is 121 Å². The van der Waals surface area contributed by atoms with Crippen LogP contribution in [0.25, 0.3) is 22.3 Å². The smallest absolute Gasteiger partial charge is 0.496 e. The second-order valence-electron chi connectivity index (χ2n) is 9.94. The quantitative estimate of drug-likeness (QED) is 0.0557. The summed E-state index contributed by atoms with van der Waals surface area (Å²) < 4.78 is 50.2. The molecule has 2 atom stereocenters. The molecule has 0 aromatic heterocycles. The first-order valence-electron chi connectivity index (χ1n) is 14.9. The van der Waals surface area contributed by atoms with Gasteiger partial charge in [0, 0.05) is 30.6 Å². The van der Waals surface area contributed by atoms with Gasteiger partial charge in [-0.2, -0.15) is 0 Å². The van der Waals surface area contributed by atoms with Crippen molar-refractivity contribution < 1.29 is 46.2 Å². The first-order valence-corrected chi connectivity index (χ1v) is 17.3. The molecule has 1 aliphatic carbocycles. The fourth-order valence-electron chi connectivity index (χ4n) is 4.73. The summed E-state index contributed by atoms with van der Waals surface area (Å²) in [5, 5.41) is 2.81. The van der Waals surface area contributed by atoms with E-state index >= 15 is 0 Å². The van der Waals surface area contributed by atoms with Crippen molar-refractivity contribution in [3.63, 3.8) is 0 Å². The minimum atomic E-state index is -6.00. The Morgan fingerprint density at radius 2 is 0.783 bits per heavy atom. The van der Waals surface area contributed by atoms with Crippen molar-refractivity contribution in [2.24, 2.45) is 0 Å². The third kappa shape index (κ3) is 14.3. The number of hydrogen-bond acceptors (Lipinski definition) is 2. The normalized spacial score (nSPS) is 13.4. The van der Waals surface area contributed by atoms with E-state index < -0.39 is 7.25 Å². The molecule has 0 N–H and O–H groups in total. The van der Waals surface area contributed by atoms with Gasteiger partial charge in [0.1, 0.15) is 11.5 Å². The molecule has 5 rings (SSSR count). The minimum absolute atomic E-state index is 0. The van der Waals surface area contributed by atoms with E-state index in [1.807, 2.05) is 24.3 Å². The molecule has 0 bridgehead atoms. The molecule has 0 spiro atoms. The summed E-state index contributed by atoms with van der Waals surface area (Å²) in [6.07, 6.45) is 16.3. The summed E-state index contributed by atoms with van der Waals surface area (Å²) in [5.74, 6) is 1.86. The van der Waals surface area contributed by atoms with Crippen LogP contribution in [0.3, 0.4) is 0 Å². The average Bonchev–Trinajstić information content (AvgIpc) is 3.03. The molecule has 46 heavy (non-hydrogen) atoms. The van der Waals surface area contributed by atoms with Crippen LogP contribution in [-0.4, -0.2) is 33.8 Å². The summed E-state index contributed by atoms with van der Waals surface area (Å²) in [5.41, 5.74) is 4.89. The fourth-order valence-corrected chi connectivity index (χ4v) is 7.51. The molecule has 2 nitrogen and oxygen atoms in total. The SMILES string of the molecule is C1=CCC/C=C\CC1.COc1ccccc1-c1ccccc1PCCPc1ccccc1-c1ccccc1OC.F[B-](F)(F)F.[Rh]. The Morgan fingerprint density at radius 1 is 0.500 bits per heavy atom. The van der Waals surface area contributed by atoms with Gasteiger partial charge in [0.25, 0.3) is 0 Å². The number of ether oxygens (including phenoxy) is 2. The fraction of sp³-hybridized carbons (Fsp3) is 0.222. The van der Waals surface area contributed by atoms with E-state index in [4.69, 9.17) is 9.47 Å². The van der Waals surface area contributed by atoms with E-state index in [0.29, 0.717) is 0 Å². The molecular weight excluding hydrogens is 716 g/mol. The first-order chi connectivity index (χ1) is 21.8. The van der Waals surface area contributed by atoms with Gasteiger partial charge in [0.2, 0.25) is 0 Å². The molecule has 4 aromatic rings. The molecule has 1 radical (unpaired) electrons. The van der Waals surface area contributed by atoms with Crippen LogP contribution in [0, 0.1) is 0 Å². The number of hydrogen-bond donors (Lipinski definition) is 0. The van der Waals surface area contributed by atoms with Crippen molar-refractivity contribution in [2.75, 3.05) is 26.5 Å². The maximum absolute atomic E-state index is 9.75. The molecule has 0 saturated carbocycles. The van der Waals surface area contributed by atoms with E-state index in [2.05, 4.69) is 97.1 Å². The summed E-state index contributed by atoms with van der Waals surface area (Å²) in [6.45, 7) is 0. The molecule has 0 saturated heterocycles. The van der Waals surface area contributed by atoms with E-state index in [9.17, 15) is 17.3 Å². The molecule has 10 heteroatoms. The maximum atomic E-state index is 9.75. The van der Waals surface area contributed by atoms with Crippen molar-refractivity contribution in [1.82, 2.24) is 0 Å². The molecule has 0 aliphatic heterocycles. The summed E-state index contributed by atoms with van der Waals surface area (Å²) in [7, 11) is -0.988. The van der Waals surface area contributed by atoms with Crippen molar-refractivity contribution in [3.05, 3.63) is 121 Å². The summed E-state index contributed by atoms with van der Waals surface area (Å²) in [6, 6.07) is 34.0. The summed E-state index contributed by atoms with van der Waals surface area (Å²) >= 11 is 0. The minimum Gasteiger partial charge on any atom is -0.496 e. The van der Waals surface area contributed by atoms with Crippen molar-refractivity contribution >= 4 is 35.0 Å². The second kappa shape index (κ2) is 21.9. The number of benzene rings is 4. The van der Waals surface area contributed by atoms with Gasteiger partial charge in [-0.15, -0.1) is 0 Å². The van der Waals surface area contributed by atoms with E-state index in [-0.39, 0.29) is 19.5 Å². The second-order valence-corrected chi connectivity index (χ2v) is 12.7. The van der Waals surface area contributed by atoms with Crippen LogP contribution in [-0.2, 0) is 19.5 Å². The Labute approximate surface area is 287 Å². The van der Waals surface area contributed by atoms with Crippen LogP contribution in [0.5, 0.6) is 11.5 Å². The van der Waals surface area contributed by atoms with Crippen LogP contribution < -0.4 is 20.1 Å². The largest absolute Gasteiger partial charge is 0.673 e. The summed E-state index contributed by atoms with van der Waals surface area (Å²) in [4.78, 5) is 0. The average molecular weight is 756 g/mol. The van der Waals surface area contributed by atoms with Gasteiger partial charge in [0.05, 0.1) is 14.2 Å². The van der Waals surface area contributed by atoms with Crippen LogP contribution >= 0.6 is 17.2 Å². The predicted octanol–water partition coefficient (Wildman–Crippen LogP) is 10.3. The molecule has 1 aliphatic rings. The van der Waals surface area contributed by atoms with Gasteiger partial charge in [-0.05, 0) is 71.9 Å². The number of para-hydroxylation sites is 2. The van der Waals surface area contributed by atoms with Crippen molar-refractivity contribution in [2.45, 2.75) is 25.7 Å². The number of allylic oxidation sites excluding steroid dienone is 4. The first kappa shape index (κ1) is 39.4. The monoisotopic (exact) mass is 756 g/mol. The van der Waals surface area contributed by atoms with Crippen molar-refractivity contribution in [1.29, 1.82) is 0 Å². The van der Waals surface area contributed by atoms with Gasteiger partial charge >= 0.3 is 7.25 Å². The van der Waals surface area contributed by atoms with Gasteiger partial charge < -0.3 is 26.7 Å². The van der Waals surface area contributed by atoms with Gasteiger partial charge in [-0.1, -0.05) is 126 Å². The Hall–Kier alpha value is -2.77. The zero-order valence-corrected chi connectivity index (χ0v) is 29.7. The predicted molar refractivity (Wildman–Crippen MR) is 189 cm³/mol. The Balaban J connectivity index is 0.000000440. The zero-order valence-electron chi connectivity index (χ0n) is 26.0. The Morgan fingerprint density at radius 3 is 1.11 bits per heavy atom. The van der Waals surface area contributed by atoms with Crippen LogP contribution in [0.2, 0.25) is 0 Å². The number of halogens is 4. The number of methoxy groups -OCH3 is 2. The molecule has 0 amide bonds. The third-order valence-electron chi connectivity index (χ3n) is 6.74. The molecule has 2 unspecified atom stereocenters. The molecule has 4 aromatic carbocycles. The molecule has 247 valence electrons. The molecular formula is C36H40BF4O2P2Rh-. The zero-order chi connectivity index (χ0) is 32.3. The number of rotatable bonds is 9. The molecule has 0 fully saturated rings. The maximum Gasteiger partial charge on any atom is 0.673 e. The van der Waals surface area contributed by atoms with Crippen LogP contribution in [0.4, 0.5) is 17.3 Å². The van der Waals surface area contributed by atoms with E-state index in [0.717, 1.165) is 28.7 Å². The standard InChI is InChI=1S/C28H28O2P2.C8H12.BF4.Rh/c1-29-25-15-7-3-11-21(25)23-13-5-9-17-27(23)31-19-20-32-28-18-10-6-14-24(28)22-12-4-8-16-26(22)30-2;1-2-4-6-8-7-5-3-1;2-1(3,4)5;/h3-18,31-32H,19-20H2,1-2H3;1-2,7-8H,3-6H2;;/q;;-1;/b;2-1-,8-7?;;. The Bertz CT molecular complexity index is 1390. The third-order valence-corrected chi connectivity index (χ3v) is 9.87. The molecule has 0 heterocycles. The van der Waals surface area contributed by atoms with Gasteiger partial charge in [0.15, 0.2) is 0 Å². The Kier molecular flexibility index (Phi) is 18.8. The topological polar surface area (TPSA) is 18.5 Å². The van der Waals surface area contributed by atoms with E-state index in [1.165, 1.54) is 70.9 Å². The van der Waals surface area contributed by atoms with E-state index in [1.54, 1.807) is 14.2 Å². The van der Waals surface area contributed by atoms with Crippen molar-refractivity contribution in [3.8, 4) is 33.8 Å².